The second-order valence-corrected chi connectivity index (χ2v) is 3.83. The Morgan fingerprint density at radius 2 is 1.87 bits per heavy atom. The van der Waals surface area contributed by atoms with E-state index in [0.717, 1.165) is 0 Å². The first-order chi connectivity index (χ1) is 7.40. The van der Waals surface area contributed by atoms with Crippen LogP contribution in [0.3, 0.4) is 0 Å². The highest BCUT2D eigenvalue weighted by Crippen LogP contribution is 2.42. The highest BCUT2D eigenvalue weighted by Gasteiger charge is 2.38. The minimum atomic E-state index is 0.204. The zero-order valence-electron chi connectivity index (χ0n) is 8.39. The number of ether oxygens (including phenoxy) is 1. The SMILES string of the molecule is C=C[C@@H]1O[C@@H]1c1cccc2ccccc12. The van der Waals surface area contributed by atoms with Gasteiger partial charge in [-0.05, 0) is 16.3 Å². The van der Waals surface area contributed by atoms with Crippen molar-refractivity contribution in [3.8, 4) is 0 Å². The lowest BCUT2D eigenvalue weighted by atomic mass is 10.0. The van der Waals surface area contributed by atoms with Crippen LogP contribution in [0.2, 0.25) is 0 Å². The molecule has 0 saturated carbocycles. The lowest BCUT2D eigenvalue weighted by Crippen LogP contribution is -1.86. The smallest absolute Gasteiger partial charge is 0.114 e. The molecule has 1 aliphatic rings. The summed E-state index contributed by atoms with van der Waals surface area (Å²) in [5.74, 6) is 0. The van der Waals surface area contributed by atoms with Crippen LogP contribution < -0.4 is 0 Å². The number of rotatable bonds is 2. The van der Waals surface area contributed by atoms with E-state index in [0.29, 0.717) is 0 Å². The fraction of sp³-hybridized carbons (Fsp3) is 0.143. The van der Waals surface area contributed by atoms with Gasteiger partial charge in [0.15, 0.2) is 0 Å². The maximum Gasteiger partial charge on any atom is 0.114 e. The largest absolute Gasteiger partial charge is 0.360 e. The summed E-state index contributed by atoms with van der Waals surface area (Å²) in [4.78, 5) is 0. The zero-order valence-corrected chi connectivity index (χ0v) is 8.39. The zero-order chi connectivity index (χ0) is 10.3. The average Bonchev–Trinajstić information content (AvgIpc) is 3.07. The third-order valence-electron chi connectivity index (χ3n) is 2.89. The summed E-state index contributed by atoms with van der Waals surface area (Å²) in [6.07, 6.45) is 2.29. The van der Waals surface area contributed by atoms with Gasteiger partial charge in [-0.1, -0.05) is 48.5 Å². The van der Waals surface area contributed by atoms with Gasteiger partial charge in [0.25, 0.3) is 0 Å². The first-order valence-corrected chi connectivity index (χ1v) is 5.16. The van der Waals surface area contributed by atoms with Gasteiger partial charge < -0.3 is 4.74 Å². The first kappa shape index (κ1) is 8.69. The van der Waals surface area contributed by atoms with Crippen LogP contribution >= 0.6 is 0 Å². The molecule has 74 valence electrons. The molecule has 0 bridgehead atoms. The van der Waals surface area contributed by atoms with Crippen molar-refractivity contribution in [2.75, 3.05) is 0 Å². The molecular weight excluding hydrogens is 184 g/mol. The predicted octanol–water partition coefficient (Wildman–Crippen LogP) is 3.47. The Kier molecular flexibility index (Phi) is 1.86. The Morgan fingerprint density at radius 3 is 2.67 bits per heavy atom. The molecule has 0 aliphatic carbocycles. The number of hydrogen-bond donors (Lipinski definition) is 0. The molecule has 3 rings (SSSR count). The van der Waals surface area contributed by atoms with Gasteiger partial charge in [0.2, 0.25) is 0 Å². The van der Waals surface area contributed by atoms with Gasteiger partial charge in [0.1, 0.15) is 12.2 Å². The fourth-order valence-electron chi connectivity index (χ4n) is 2.05. The van der Waals surface area contributed by atoms with Gasteiger partial charge in [-0.3, -0.25) is 0 Å². The van der Waals surface area contributed by atoms with Crippen molar-refractivity contribution >= 4 is 10.8 Å². The van der Waals surface area contributed by atoms with Gasteiger partial charge in [0, 0.05) is 0 Å². The summed E-state index contributed by atoms with van der Waals surface area (Å²) in [7, 11) is 0. The van der Waals surface area contributed by atoms with Crippen LogP contribution in [0.5, 0.6) is 0 Å². The topological polar surface area (TPSA) is 12.5 Å². The number of hydrogen-bond acceptors (Lipinski definition) is 1. The Labute approximate surface area is 89.0 Å². The molecule has 15 heavy (non-hydrogen) atoms. The van der Waals surface area contributed by atoms with Crippen LogP contribution in [-0.2, 0) is 4.74 Å². The summed E-state index contributed by atoms with van der Waals surface area (Å²) >= 11 is 0. The van der Waals surface area contributed by atoms with Crippen LogP contribution in [0.15, 0.2) is 55.1 Å². The highest BCUT2D eigenvalue weighted by molar-refractivity contribution is 5.86. The standard InChI is InChI=1S/C14H12O/c1-2-13-14(15-13)12-9-5-7-10-6-3-4-8-11(10)12/h2-9,13-14H,1H2/t13-,14+/m0/s1. The van der Waals surface area contributed by atoms with Crippen molar-refractivity contribution in [3.05, 3.63) is 60.7 Å². The highest BCUT2D eigenvalue weighted by atomic mass is 16.6. The van der Waals surface area contributed by atoms with Crippen LogP contribution in [0.4, 0.5) is 0 Å². The molecule has 1 heteroatoms. The Hall–Kier alpha value is -1.60. The maximum absolute atomic E-state index is 5.54. The van der Waals surface area contributed by atoms with E-state index in [-0.39, 0.29) is 12.2 Å². The summed E-state index contributed by atoms with van der Waals surface area (Å²) in [6.45, 7) is 3.75. The third kappa shape index (κ3) is 1.36. The van der Waals surface area contributed by atoms with Crippen molar-refractivity contribution in [2.24, 2.45) is 0 Å². The van der Waals surface area contributed by atoms with Crippen LogP contribution in [0, 0.1) is 0 Å². The molecule has 1 aliphatic heterocycles. The van der Waals surface area contributed by atoms with Crippen molar-refractivity contribution < 1.29 is 4.74 Å². The molecule has 0 aromatic heterocycles. The van der Waals surface area contributed by atoms with Crippen molar-refractivity contribution in [2.45, 2.75) is 12.2 Å². The molecule has 0 unspecified atom stereocenters. The van der Waals surface area contributed by atoms with E-state index in [1.807, 2.05) is 6.08 Å². The average molecular weight is 196 g/mol. The molecular formula is C14H12O. The van der Waals surface area contributed by atoms with E-state index in [1.165, 1.54) is 16.3 Å². The van der Waals surface area contributed by atoms with Crippen molar-refractivity contribution in [1.82, 2.24) is 0 Å². The van der Waals surface area contributed by atoms with Gasteiger partial charge in [-0.2, -0.15) is 0 Å². The number of benzene rings is 2. The van der Waals surface area contributed by atoms with Crippen LogP contribution in [0.25, 0.3) is 10.8 Å². The Balaban J connectivity index is 2.15. The molecule has 0 radical (unpaired) electrons. The van der Waals surface area contributed by atoms with Gasteiger partial charge in [-0.15, -0.1) is 6.58 Å². The minimum absolute atomic E-state index is 0.204. The van der Waals surface area contributed by atoms with Crippen molar-refractivity contribution in [3.63, 3.8) is 0 Å². The van der Waals surface area contributed by atoms with Gasteiger partial charge >= 0.3 is 0 Å². The Morgan fingerprint density at radius 1 is 1.07 bits per heavy atom. The fourth-order valence-corrected chi connectivity index (χ4v) is 2.05. The van der Waals surface area contributed by atoms with Gasteiger partial charge in [-0.25, -0.2) is 0 Å². The van der Waals surface area contributed by atoms with E-state index in [2.05, 4.69) is 49.0 Å². The molecule has 0 spiro atoms. The summed E-state index contributed by atoms with van der Waals surface area (Å²) < 4.78 is 5.54. The number of epoxide rings is 1. The monoisotopic (exact) mass is 196 g/mol. The molecule has 0 N–H and O–H groups in total. The molecule has 1 saturated heterocycles. The molecule has 2 atom stereocenters. The minimum Gasteiger partial charge on any atom is -0.360 e. The van der Waals surface area contributed by atoms with Crippen molar-refractivity contribution in [1.29, 1.82) is 0 Å². The molecule has 0 amide bonds. The van der Waals surface area contributed by atoms with E-state index in [1.54, 1.807) is 0 Å². The summed E-state index contributed by atoms with van der Waals surface area (Å²) in [5, 5.41) is 2.56. The van der Waals surface area contributed by atoms with Crippen LogP contribution in [0.1, 0.15) is 11.7 Å². The van der Waals surface area contributed by atoms with Gasteiger partial charge in [0.05, 0.1) is 0 Å². The maximum atomic E-state index is 5.54. The summed E-state index contributed by atoms with van der Waals surface area (Å²) in [6, 6.07) is 14.7. The molecule has 1 nitrogen and oxygen atoms in total. The van der Waals surface area contributed by atoms with E-state index >= 15 is 0 Å². The van der Waals surface area contributed by atoms with E-state index in [9.17, 15) is 0 Å². The second kappa shape index (κ2) is 3.21. The lowest BCUT2D eigenvalue weighted by Gasteiger charge is -2.02. The quantitative estimate of drug-likeness (QED) is 0.529. The second-order valence-electron chi connectivity index (χ2n) is 3.83. The number of fused-ring (bicyclic) bond motifs is 1. The molecule has 1 fully saturated rings. The molecule has 1 heterocycles. The third-order valence-corrected chi connectivity index (χ3v) is 2.89. The summed E-state index contributed by atoms with van der Waals surface area (Å²) in [5.41, 5.74) is 1.28. The molecule has 2 aromatic carbocycles. The van der Waals surface area contributed by atoms with E-state index < -0.39 is 0 Å². The molecule has 2 aromatic rings. The van der Waals surface area contributed by atoms with E-state index in [4.69, 9.17) is 4.74 Å². The van der Waals surface area contributed by atoms with Crippen LogP contribution in [-0.4, -0.2) is 6.10 Å². The normalized spacial score (nSPS) is 24.0. The predicted molar refractivity (Wildman–Crippen MR) is 61.8 cm³/mol. The Bertz CT molecular complexity index is 510. The lowest BCUT2D eigenvalue weighted by molar-refractivity contribution is 0.395. The first-order valence-electron chi connectivity index (χ1n) is 5.16.